The van der Waals surface area contributed by atoms with Crippen molar-refractivity contribution in [3.8, 4) is 17.2 Å². The molecule has 6 heteroatoms. The van der Waals surface area contributed by atoms with E-state index in [4.69, 9.17) is 14.2 Å². The topological polar surface area (TPSA) is 68.8 Å². The van der Waals surface area contributed by atoms with Gasteiger partial charge in [0, 0.05) is 23.4 Å². The van der Waals surface area contributed by atoms with Gasteiger partial charge in [0.05, 0.1) is 33.1 Å². The number of hydrogen-bond acceptors (Lipinski definition) is 6. The van der Waals surface area contributed by atoms with Crippen LogP contribution in [0.4, 0.5) is 5.69 Å². The van der Waals surface area contributed by atoms with Gasteiger partial charge in [-0.3, -0.25) is 4.79 Å². The molecule has 1 unspecified atom stereocenters. The van der Waals surface area contributed by atoms with Gasteiger partial charge >= 0.3 is 0 Å². The molecule has 0 saturated carbocycles. The molecule has 0 radical (unpaired) electrons. The third-order valence-electron chi connectivity index (χ3n) is 5.74. The van der Waals surface area contributed by atoms with Crippen LogP contribution in [0.1, 0.15) is 43.9 Å². The Bertz CT molecular complexity index is 1000. The summed E-state index contributed by atoms with van der Waals surface area (Å²) >= 11 is 0. The predicted octanol–water partition coefficient (Wildman–Crippen LogP) is 4.42. The summed E-state index contributed by atoms with van der Waals surface area (Å²) in [6, 6.07) is 11.7. The zero-order valence-electron chi connectivity index (χ0n) is 18.1. The molecule has 0 bridgehead atoms. The molecule has 0 spiro atoms. The van der Waals surface area contributed by atoms with Gasteiger partial charge in [-0.05, 0) is 35.6 Å². The number of methoxy groups -OCH3 is 3. The van der Waals surface area contributed by atoms with Crippen molar-refractivity contribution in [3.63, 3.8) is 0 Å². The van der Waals surface area contributed by atoms with E-state index >= 15 is 0 Å². The second kappa shape index (κ2) is 7.59. The first-order chi connectivity index (χ1) is 14.4. The Balaban J connectivity index is 1.88. The highest BCUT2D eigenvalue weighted by molar-refractivity contribution is 5.98. The second-order valence-electron chi connectivity index (χ2n) is 8.54. The lowest BCUT2D eigenvalue weighted by atomic mass is 9.77. The minimum atomic E-state index is -0.250. The highest BCUT2D eigenvalue weighted by Gasteiger charge is 2.37. The molecule has 30 heavy (non-hydrogen) atoms. The molecule has 2 aliphatic rings. The monoisotopic (exact) mass is 408 g/mol. The first-order valence-electron chi connectivity index (χ1n) is 10.1. The molecule has 0 aromatic heterocycles. The summed E-state index contributed by atoms with van der Waals surface area (Å²) in [6.45, 7) is 4.26. The Morgan fingerprint density at radius 2 is 1.63 bits per heavy atom. The minimum Gasteiger partial charge on any atom is -0.493 e. The smallest absolute Gasteiger partial charge is 0.203 e. The number of allylic oxidation sites excluding steroid dienone is 2. The number of benzene rings is 2. The lowest BCUT2D eigenvalue weighted by molar-refractivity contribution is -0.118. The average Bonchev–Trinajstić information content (AvgIpc) is 2.88. The molecule has 2 aromatic rings. The summed E-state index contributed by atoms with van der Waals surface area (Å²) in [6.07, 6.45) is 1.32. The Hall–Kier alpha value is -3.15. The first kappa shape index (κ1) is 20.1. The molecule has 2 aromatic carbocycles. The Morgan fingerprint density at radius 1 is 0.967 bits per heavy atom. The molecule has 1 aliphatic heterocycles. The molecule has 2 N–H and O–H groups in total. The van der Waals surface area contributed by atoms with Crippen molar-refractivity contribution in [2.75, 3.05) is 26.6 Å². The largest absolute Gasteiger partial charge is 0.493 e. The van der Waals surface area contributed by atoms with E-state index in [0.717, 1.165) is 28.9 Å². The lowest BCUT2D eigenvalue weighted by Crippen LogP contribution is -2.34. The summed E-state index contributed by atoms with van der Waals surface area (Å²) in [5.41, 5.74) is 4.48. The Morgan fingerprint density at radius 3 is 2.27 bits per heavy atom. The number of para-hydroxylation sites is 1. The Labute approximate surface area is 177 Å². The molecule has 0 amide bonds. The third-order valence-corrected chi connectivity index (χ3v) is 5.74. The van der Waals surface area contributed by atoms with Crippen LogP contribution in [0.15, 0.2) is 47.8 Å². The van der Waals surface area contributed by atoms with E-state index in [1.165, 1.54) is 0 Å². The van der Waals surface area contributed by atoms with Crippen molar-refractivity contribution in [1.82, 2.24) is 5.32 Å². The number of carbonyl (C=O) groups excluding carboxylic acids is 1. The van der Waals surface area contributed by atoms with E-state index in [1.54, 1.807) is 21.3 Å². The fourth-order valence-electron chi connectivity index (χ4n) is 4.37. The Kier molecular flexibility index (Phi) is 5.10. The van der Waals surface area contributed by atoms with E-state index in [9.17, 15) is 4.79 Å². The van der Waals surface area contributed by atoms with Gasteiger partial charge in [-0.2, -0.15) is 0 Å². The van der Waals surface area contributed by atoms with Crippen LogP contribution in [0.25, 0.3) is 0 Å². The van der Waals surface area contributed by atoms with Crippen LogP contribution in [-0.4, -0.2) is 27.1 Å². The number of hydrogen-bond donors (Lipinski definition) is 2. The number of carbonyl (C=O) groups is 1. The maximum atomic E-state index is 13.0. The maximum Gasteiger partial charge on any atom is 0.203 e. The molecule has 1 atom stereocenters. The van der Waals surface area contributed by atoms with Crippen molar-refractivity contribution in [3.05, 3.63) is 58.9 Å². The predicted molar refractivity (Wildman–Crippen MR) is 116 cm³/mol. The van der Waals surface area contributed by atoms with Crippen molar-refractivity contribution in [2.24, 2.45) is 5.41 Å². The SMILES string of the molecule is COc1cc(C2NC3=C(CC(C)(C)CC3=O)Nc3ccccc32)cc(OC)c1OC. The summed E-state index contributed by atoms with van der Waals surface area (Å²) in [7, 11) is 4.79. The molecule has 0 saturated heterocycles. The van der Waals surface area contributed by atoms with Gasteiger partial charge in [0.2, 0.25) is 5.75 Å². The number of fused-ring (bicyclic) bond motifs is 1. The molecule has 4 rings (SSSR count). The normalized spacial score (nSPS) is 19.6. The van der Waals surface area contributed by atoms with Crippen molar-refractivity contribution < 1.29 is 19.0 Å². The molecule has 1 heterocycles. The van der Waals surface area contributed by atoms with E-state index in [1.807, 2.05) is 30.3 Å². The fourth-order valence-corrected chi connectivity index (χ4v) is 4.37. The summed E-state index contributed by atoms with van der Waals surface area (Å²) in [5.74, 6) is 1.82. The highest BCUT2D eigenvalue weighted by Crippen LogP contribution is 2.45. The molecule has 158 valence electrons. The van der Waals surface area contributed by atoms with Crippen molar-refractivity contribution >= 4 is 11.5 Å². The van der Waals surface area contributed by atoms with Gasteiger partial charge in [0.15, 0.2) is 17.3 Å². The number of rotatable bonds is 4. The standard InChI is InChI=1S/C24H28N2O4/c1-24(2)12-17-22(18(27)13-24)26-21(15-8-6-7-9-16(15)25-17)14-10-19(28-3)23(30-5)20(11-14)29-4/h6-11,21,25-26H,12-13H2,1-5H3. The van der Waals surface area contributed by atoms with Gasteiger partial charge in [0.25, 0.3) is 0 Å². The van der Waals surface area contributed by atoms with Crippen LogP contribution in [0, 0.1) is 5.41 Å². The van der Waals surface area contributed by atoms with E-state index < -0.39 is 0 Å². The van der Waals surface area contributed by atoms with Gasteiger partial charge in [-0.15, -0.1) is 0 Å². The maximum absolute atomic E-state index is 13.0. The summed E-state index contributed by atoms with van der Waals surface area (Å²) < 4.78 is 16.6. The van der Waals surface area contributed by atoms with Gasteiger partial charge < -0.3 is 24.8 Å². The number of nitrogens with one attached hydrogen (secondary N) is 2. The molecular formula is C24H28N2O4. The number of anilines is 1. The van der Waals surface area contributed by atoms with Crippen molar-refractivity contribution in [2.45, 2.75) is 32.7 Å². The molecule has 6 nitrogen and oxygen atoms in total. The van der Waals surface area contributed by atoms with E-state index in [2.05, 4.69) is 30.5 Å². The van der Waals surface area contributed by atoms with Crippen LogP contribution in [0.3, 0.4) is 0 Å². The van der Waals surface area contributed by atoms with Gasteiger partial charge in [0.1, 0.15) is 0 Å². The van der Waals surface area contributed by atoms with Crippen molar-refractivity contribution in [1.29, 1.82) is 0 Å². The van der Waals surface area contributed by atoms with Crippen LogP contribution >= 0.6 is 0 Å². The first-order valence-corrected chi connectivity index (χ1v) is 10.1. The minimum absolute atomic E-state index is 0.0774. The zero-order chi connectivity index (χ0) is 21.5. The van der Waals surface area contributed by atoms with E-state index in [0.29, 0.717) is 29.4 Å². The number of ether oxygens (including phenoxy) is 3. The number of Topliss-reactive ketones (excluding diaryl/α,β-unsaturated/α-hetero) is 1. The zero-order valence-corrected chi connectivity index (χ0v) is 18.1. The van der Waals surface area contributed by atoms with Gasteiger partial charge in [-0.25, -0.2) is 0 Å². The molecule has 0 fully saturated rings. The van der Waals surface area contributed by atoms with Gasteiger partial charge in [-0.1, -0.05) is 32.0 Å². The fraction of sp³-hybridized carbons (Fsp3) is 0.375. The molecule has 1 aliphatic carbocycles. The molecular weight excluding hydrogens is 380 g/mol. The average molecular weight is 408 g/mol. The highest BCUT2D eigenvalue weighted by atomic mass is 16.5. The summed E-state index contributed by atoms with van der Waals surface area (Å²) in [5, 5.41) is 7.07. The van der Waals surface area contributed by atoms with Crippen LogP contribution in [-0.2, 0) is 4.79 Å². The van der Waals surface area contributed by atoms with E-state index in [-0.39, 0.29) is 17.2 Å². The summed E-state index contributed by atoms with van der Waals surface area (Å²) in [4.78, 5) is 13.0. The third kappa shape index (κ3) is 3.47. The quantitative estimate of drug-likeness (QED) is 0.781. The second-order valence-corrected chi connectivity index (χ2v) is 8.54. The number of ketones is 1. The van der Waals surface area contributed by atoms with Crippen LogP contribution in [0.2, 0.25) is 0 Å². The van der Waals surface area contributed by atoms with Crippen LogP contribution in [0.5, 0.6) is 17.2 Å². The lowest BCUT2D eigenvalue weighted by Gasteiger charge is -2.32. The van der Waals surface area contributed by atoms with Crippen LogP contribution < -0.4 is 24.8 Å².